The zero-order valence-electron chi connectivity index (χ0n) is 8.72. The molecule has 0 saturated carbocycles. The molecule has 0 aromatic carbocycles. The highest BCUT2D eigenvalue weighted by atomic mass is 79.9. The molecule has 3 N–H and O–H groups in total. The molecule has 0 aliphatic rings. The second-order valence-corrected chi connectivity index (χ2v) is 4.15. The van der Waals surface area contributed by atoms with Gasteiger partial charge in [-0.05, 0) is 28.1 Å². The molecule has 2 rings (SSSR count). The van der Waals surface area contributed by atoms with Crippen LogP contribution in [0.4, 0.5) is 0 Å². The molecule has 17 heavy (non-hydrogen) atoms. The number of aromatic nitrogens is 2. The maximum Gasteiger partial charge on any atom is 0.146 e. The number of halogens is 1. The molecule has 86 valence electrons. The van der Waals surface area contributed by atoms with Crippen LogP contribution in [-0.2, 0) is 0 Å². The van der Waals surface area contributed by atoms with Crippen molar-refractivity contribution < 1.29 is 4.74 Å². The molecule has 0 spiro atoms. The van der Waals surface area contributed by atoms with Crippen molar-refractivity contribution in [3.8, 4) is 11.5 Å². The van der Waals surface area contributed by atoms with Crippen molar-refractivity contribution in [1.82, 2.24) is 9.97 Å². The molecule has 0 amide bonds. The Hall–Kier alpha value is -1.95. The second-order valence-electron chi connectivity index (χ2n) is 3.23. The van der Waals surface area contributed by atoms with Gasteiger partial charge in [-0.2, -0.15) is 0 Å². The molecule has 0 aliphatic heterocycles. The third kappa shape index (κ3) is 3.01. The Labute approximate surface area is 106 Å². The van der Waals surface area contributed by atoms with Gasteiger partial charge in [0.1, 0.15) is 23.0 Å². The zero-order valence-corrected chi connectivity index (χ0v) is 10.3. The Bertz CT molecular complexity index is 559. The van der Waals surface area contributed by atoms with Crippen molar-refractivity contribution in [3.63, 3.8) is 0 Å². The Morgan fingerprint density at radius 2 is 2.12 bits per heavy atom. The largest absolute Gasteiger partial charge is 0.456 e. The van der Waals surface area contributed by atoms with Crippen LogP contribution in [0.5, 0.6) is 11.5 Å². The lowest BCUT2D eigenvalue weighted by molar-refractivity contribution is 0.479. The monoisotopic (exact) mass is 292 g/mol. The molecule has 5 nitrogen and oxygen atoms in total. The van der Waals surface area contributed by atoms with Gasteiger partial charge in [0.15, 0.2) is 0 Å². The van der Waals surface area contributed by atoms with Crippen LogP contribution in [0, 0.1) is 5.41 Å². The minimum absolute atomic E-state index is 0.0946. The maximum absolute atomic E-state index is 7.29. The number of amidine groups is 1. The Balaban J connectivity index is 2.24. The average molecular weight is 293 g/mol. The number of rotatable bonds is 3. The summed E-state index contributed by atoms with van der Waals surface area (Å²) in [6, 6.07) is 5.08. The number of nitrogens with one attached hydrogen (secondary N) is 1. The van der Waals surface area contributed by atoms with Gasteiger partial charge in [0.2, 0.25) is 0 Å². The molecule has 0 fully saturated rings. The van der Waals surface area contributed by atoms with Crippen LogP contribution in [0.25, 0.3) is 0 Å². The van der Waals surface area contributed by atoms with Gasteiger partial charge in [-0.3, -0.25) is 15.4 Å². The van der Waals surface area contributed by atoms with Crippen molar-refractivity contribution in [2.24, 2.45) is 5.73 Å². The molecule has 0 aliphatic carbocycles. The maximum atomic E-state index is 7.29. The number of hydrogen-bond acceptors (Lipinski definition) is 4. The van der Waals surface area contributed by atoms with E-state index in [1.165, 1.54) is 6.20 Å². The SMILES string of the molecule is N=C(N)c1cc(Oc2cncc(Br)c2)ccn1. The first-order valence-corrected chi connectivity index (χ1v) is 5.53. The molecular weight excluding hydrogens is 284 g/mol. The quantitative estimate of drug-likeness (QED) is 0.671. The molecule has 0 unspecified atom stereocenters. The predicted octanol–water partition coefficient (Wildman–Crippen LogP) is 2.32. The highest BCUT2D eigenvalue weighted by molar-refractivity contribution is 9.10. The number of ether oxygens (including phenoxy) is 1. The van der Waals surface area contributed by atoms with Gasteiger partial charge in [-0.1, -0.05) is 0 Å². The summed E-state index contributed by atoms with van der Waals surface area (Å²) in [5.41, 5.74) is 5.73. The number of pyridine rings is 2. The summed E-state index contributed by atoms with van der Waals surface area (Å²) in [7, 11) is 0. The molecular formula is C11H9BrN4O. The number of hydrogen-bond donors (Lipinski definition) is 2. The molecule has 0 atom stereocenters. The smallest absolute Gasteiger partial charge is 0.146 e. The summed E-state index contributed by atoms with van der Waals surface area (Å²) < 4.78 is 6.39. The van der Waals surface area contributed by atoms with Gasteiger partial charge >= 0.3 is 0 Å². The highest BCUT2D eigenvalue weighted by Gasteiger charge is 2.02. The van der Waals surface area contributed by atoms with Gasteiger partial charge in [0.25, 0.3) is 0 Å². The van der Waals surface area contributed by atoms with Gasteiger partial charge in [0.05, 0.1) is 6.20 Å². The molecule has 2 aromatic rings. The van der Waals surface area contributed by atoms with E-state index in [1.807, 2.05) is 0 Å². The Morgan fingerprint density at radius 1 is 1.29 bits per heavy atom. The predicted molar refractivity (Wildman–Crippen MR) is 67.3 cm³/mol. The molecule has 0 radical (unpaired) electrons. The Kier molecular flexibility index (Phi) is 3.34. The van der Waals surface area contributed by atoms with E-state index in [9.17, 15) is 0 Å². The minimum Gasteiger partial charge on any atom is -0.456 e. The topological polar surface area (TPSA) is 84.9 Å². The van der Waals surface area contributed by atoms with E-state index in [0.29, 0.717) is 17.2 Å². The summed E-state index contributed by atoms with van der Waals surface area (Å²) in [5, 5.41) is 7.29. The lowest BCUT2D eigenvalue weighted by atomic mass is 10.3. The van der Waals surface area contributed by atoms with Crippen molar-refractivity contribution in [1.29, 1.82) is 5.41 Å². The normalized spacial score (nSPS) is 9.94. The van der Waals surface area contributed by atoms with Gasteiger partial charge in [-0.15, -0.1) is 0 Å². The fraction of sp³-hybridized carbons (Fsp3) is 0. The molecule has 2 aromatic heterocycles. The van der Waals surface area contributed by atoms with Gasteiger partial charge in [-0.25, -0.2) is 0 Å². The summed E-state index contributed by atoms with van der Waals surface area (Å²) in [6.45, 7) is 0. The highest BCUT2D eigenvalue weighted by Crippen LogP contribution is 2.23. The lowest BCUT2D eigenvalue weighted by Crippen LogP contribution is -2.12. The summed E-state index contributed by atoms with van der Waals surface area (Å²) in [6.07, 6.45) is 4.80. The van der Waals surface area contributed by atoms with Gasteiger partial charge < -0.3 is 10.5 Å². The van der Waals surface area contributed by atoms with Crippen LogP contribution in [0.3, 0.4) is 0 Å². The first-order chi connectivity index (χ1) is 8.15. The van der Waals surface area contributed by atoms with Crippen molar-refractivity contribution >= 4 is 21.8 Å². The lowest BCUT2D eigenvalue weighted by Gasteiger charge is -2.06. The first kappa shape index (κ1) is 11.5. The first-order valence-electron chi connectivity index (χ1n) is 4.74. The third-order valence-electron chi connectivity index (χ3n) is 1.92. The van der Waals surface area contributed by atoms with E-state index in [1.54, 1.807) is 30.6 Å². The fourth-order valence-corrected chi connectivity index (χ4v) is 1.55. The standard InChI is InChI=1S/C11H9BrN4O/c12-7-3-9(6-15-5-7)17-8-1-2-16-10(4-8)11(13)14/h1-6H,(H3,13,14). The van der Waals surface area contributed by atoms with Crippen LogP contribution in [0.1, 0.15) is 5.69 Å². The van der Waals surface area contributed by atoms with Crippen LogP contribution < -0.4 is 10.5 Å². The summed E-state index contributed by atoms with van der Waals surface area (Å²) in [5.74, 6) is 1.06. The van der Waals surface area contributed by atoms with E-state index in [2.05, 4.69) is 25.9 Å². The van der Waals surface area contributed by atoms with Crippen LogP contribution in [-0.4, -0.2) is 15.8 Å². The van der Waals surface area contributed by atoms with Crippen LogP contribution in [0.15, 0.2) is 41.3 Å². The Morgan fingerprint density at radius 3 is 2.82 bits per heavy atom. The third-order valence-corrected chi connectivity index (χ3v) is 2.36. The number of nitrogens with zero attached hydrogens (tertiary/aromatic N) is 2. The van der Waals surface area contributed by atoms with Crippen LogP contribution >= 0.6 is 15.9 Å². The van der Waals surface area contributed by atoms with E-state index >= 15 is 0 Å². The fourth-order valence-electron chi connectivity index (χ4n) is 1.21. The van der Waals surface area contributed by atoms with Crippen LogP contribution in [0.2, 0.25) is 0 Å². The van der Waals surface area contributed by atoms with E-state index in [0.717, 1.165) is 4.47 Å². The van der Waals surface area contributed by atoms with Crippen molar-refractivity contribution in [2.45, 2.75) is 0 Å². The molecule has 0 saturated heterocycles. The zero-order chi connectivity index (χ0) is 12.3. The van der Waals surface area contributed by atoms with E-state index < -0.39 is 0 Å². The molecule has 0 bridgehead atoms. The summed E-state index contributed by atoms with van der Waals surface area (Å²) >= 11 is 3.30. The van der Waals surface area contributed by atoms with Crippen molar-refractivity contribution in [3.05, 3.63) is 47.0 Å². The minimum atomic E-state index is -0.0946. The number of nitrogens with two attached hydrogens (primary N) is 1. The van der Waals surface area contributed by atoms with Gasteiger partial charge in [0, 0.05) is 22.9 Å². The number of nitrogen functional groups attached to an aromatic ring is 1. The molecule has 2 heterocycles. The molecule has 6 heteroatoms. The average Bonchev–Trinajstić information content (AvgIpc) is 2.29. The van der Waals surface area contributed by atoms with E-state index in [-0.39, 0.29) is 5.84 Å². The summed E-state index contributed by atoms with van der Waals surface area (Å²) in [4.78, 5) is 7.93. The van der Waals surface area contributed by atoms with Crippen molar-refractivity contribution in [2.75, 3.05) is 0 Å². The second kappa shape index (κ2) is 4.92. The van der Waals surface area contributed by atoms with E-state index in [4.69, 9.17) is 15.9 Å².